The molecule has 0 radical (unpaired) electrons. The first-order chi connectivity index (χ1) is 8.74. The minimum absolute atomic E-state index is 0.0767. The Morgan fingerprint density at radius 1 is 1.28 bits per heavy atom. The third-order valence-electron chi connectivity index (χ3n) is 4.60. The number of allylic oxidation sites excluding steroid dienone is 1. The zero-order valence-electron chi connectivity index (χ0n) is 11.8. The lowest BCUT2D eigenvalue weighted by atomic mass is 9.86. The Kier molecular flexibility index (Phi) is 4.68. The zero-order valence-corrected chi connectivity index (χ0v) is 11.8. The summed E-state index contributed by atoms with van der Waals surface area (Å²) in [5.41, 5.74) is -0.0767. The van der Waals surface area contributed by atoms with Gasteiger partial charge in [0.2, 0.25) is 0 Å². The van der Waals surface area contributed by atoms with Crippen molar-refractivity contribution in [2.75, 3.05) is 19.7 Å². The normalized spacial score (nSPS) is 24.8. The summed E-state index contributed by atoms with van der Waals surface area (Å²) in [7, 11) is 0. The van der Waals surface area contributed by atoms with Gasteiger partial charge < -0.3 is 9.84 Å². The second-order valence-electron chi connectivity index (χ2n) is 5.48. The summed E-state index contributed by atoms with van der Waals surface area (Å²) in [6.45, 7) is 7.14. The number of aliphatic hydroxyl groups is 1. The highest BCUT2D eigenvalue weighted by Crippen LogP contribution is 2.41. The van der Waals surface area contributed by atoms with Crippen LogP contribution in [0.15, 0.2) is 11.8 Å². The van der Waals surface area contributed by atoms with E-state index in [1.165, 1.54) is 12.8 Å². The zero-order chi connectivity index (χ0) is 13.0. The molecule has 1 unspecified atom stereocenters. The second-order valence-corrected chi connectivity index (χ2v) is 5.48. The number of nitrogens with zero attached hydrogens (tertiary/aromatic N) is 1. The topological polar surface area (TPSA) is 32.7 Å². The molecule has 1 atom stereocenters. The van der Waals surface area contributed by atoms with Gasteiger partial charge in [0.1, 0.15) is 11.9 Å². The number of hydrogen-bond acceptors (Lipinski definition) is 3. The number of aliphatic hydroxyl groups excluding tert-OH is 1. The molecule has 1 heterocycles. The monoisotopic (exact) mass is 253 g/mol. The molecule has 2 rings (SSSR count). The molecule has 0 aromatic carbocycles. The van der Waals surface area contributed by atoms with Gasteiger partial charge in [0.05, 0.1) is 12.1 Å². The molecule has 2 aliphatic rings. The maximum absolute atomic E-state index is 10.8. The summed E-state index contributed by atoms with van der Waals surface area (Å²) in [5.74, 6) is 0.829. The SMILES string of the molecule is CCN(CC)C1(C(O)C2=CCCCO2)CCCC1. The molecule has 1 fully saturated rings. The van der Waals surface area contributed by atoms with Crippen molar-refractivity contribution in [2.45, 2.75) is 64.0 Å². The van der Waals surface area contributed by atoms with Crippen molar-refractivity contribution in [3.8, 4) is 0 Å². The van der Waals surface area contributed by atoms with Crippen LogP contribution >= 0.6 is 0 Å². The van der Waals surface area contributed by atoms with E-state index >= 15 is 0 Å². The molecule has 104 valence electrons. The third-order valence-corrected chi connectivity index (χ3v) is 4.60. The summed E-state index contributed by atoms with van der Waals surface area (Å²) in [6.07, 6.45) is 8.40. The molecule has 1 N–H and O–H groups in total. The van der Waals surface area contributed by atoms with Gasteiger partial charge in [0.15, 0.2) is 0 Å². The quantitative estimate of drug-likeness (QED) is 0.817. The molecule has 0 saturated heterocycles. The molecule has 0 bridgehead atoms. The van der Waals surface area contributed by atoms with Gasteiger partial charge in [0, 0.05) is 0 Å². The van der Waals surface area contributed by atoms with E-state index in [9.17, 15) is 5.11 Å². The molecule has 0 aromatic rings. The fraction of sp³-hybridized carbons (Fsp3) is 0.867. The molecule has 0 amide bonds. The Hall–Kier alpha value is -0.540. The summed E-state index contributed by atoms with van der Waals surface area (Å²) < 4.78 is 5.70. The molecule has 1 aliphatic heterocycles. The van der Waals surface area contributed by atoms with Gasteiger partial charge in [-0.2, -0.15) is 0 Å². The van der Waals surface area contributed by atoms with E-state index in [4.69, 9.17) is 4.74 Å². The molecule has 18 heavy (non-hydrogen) atoms. The fourth-order valence-electron chi connectivity index (χ4n) is 3.64. The molecule has 1 aliphatic carbocycles. The van der Waals surface area contributed by atoms with Gasteiger partial charge in [-0.25, -0.2) is 0 Å². The van der Waals surface area contributed by atoms with Crippen LogP contribution in [0.4, 0.5) is 0 Å². The van der Waals surface area contributed by atoms with E-state index in [-0.39, 0.29) is 5.54 Å². The molecule has 0 spiro atoms. The minimum atomic E-state index is -0.444. The smallest absolute Gasteiger partial charge is 0.129 e. The van der Waals surface area contributed by atoms with Crippen molar-refractivity contribution in [1.29, 1.82) is 0 Å². The van der Waals surface area contributed by atoms with Gasteiger partial charge in [-0.3, -0.25) is 4.90 Å². The first-order valence-corrected chi connectivity index (χ1v) is 7.50. The summed E-state index contributed by atoms with van der Waals surface area (Å²) in [4.78, 5) is 2.43. The maximum atomic E-state index is 10.8. The van der Waals surface area contributed by atoms with Crippen molar-refractivity contribution in [2.24, 2.45) is 0 Å². The Morgan fingerprint density at radius 3 is 2.44 bits per heavy atom. The van der Waals surface area contributed by atoms with Crippen LogP contribution in [0, 0.1) is 0 Å². The van der Waals surface area contributed by atoms with E-state index in [0.29, 0.717) is 0 Å². The van der Waals surface area contributed by atoms with Crippen LogP contribution in [0.1, 0.15) is 52.4 Å². The predicted octanol–water partition coefficient (Wildman–Crippen LogP) is 2.70. The van der Waals surface area contributed by atoms with Gasteiger partial charge in [-0.15, -0.1) is 0 Å². The van der Waals surface area contributed by atoms with Crippen molar-refractivity contribution in [3.63, 3.8) is 0 Å². The van der Waals surface area contributed by atoms with Crippen LogP contribution in [0.2, 0.25) is 0 Å². The summed E-state index contributed by atoms with van der Waals surface area (Å²) in [6, 6.07) is 0. The minimum Gasteiger partial charge on any atom is -0.495 e. The van der Waals surface area contributed by atoms with Crippen LogP contribution in [0.5, 0.6) is 0 Å². The first kappa shape index (κ1) is 13.9. The van der Waals surface area contributed by atoms with Crippen molar-refractivity contribution in [3.05, 3.63) is 11.8 Å². The van der Waals surface area contributed by atoms with Gasteiger partial charge in [-0.05, 0) is 44.8 Å². The van der Waals surface area contributed by atoms with E-state index in [0.717, 1.165) is 51.1 Å². The predicted molar refractivity (Wildman–Crippen MR) is 73.4 cm³/mol. The number of ether oxygens (including phenoxy) is 1. The van der Waals surface area contributed by atoms with Gasteiger partial charge >= 0.3 is 0 Å². The lowest BCUT2D eigenvalue weighted by Crippen LogP contribution is -2.56. The highest BCUT2D eigenvalue weighted by Gasteiger charge is 2.46. The third kappa shape index (κ3) is 2.43. The molecular formula is C15H27NO2. The van der Waals surface area contributed by atoms with Crippen LogP contribution in [-0.4, -0.2) is 41.3 Å². The van der Waals surface area contributed by atoms with Crippen LogP contribution in [0.3, 0.4) is 0 Å². The number of hydrogen-bond donors (Lipinski definition) is 1. The lowest BCUT2D eigenvalue weighted by Gasteiger charge is -2.44. The highest BCUT2D eigenvalue weighted by atomic mass is 16.5. The van der Waals surface area contributed by atoms with Crippen LogP contribution in [0.25, 0.3) is 0 Å². The number of rotatable bonds is 5. The number of likely N-dealkylation sites (N-methyl/N-ethyl adjacent to an activating group) is 1. The Balaban J connectivity index is 2.20. The standard InChI is InChI=1S/C15H27NO2/c1-3-16(4-2)15(10-6-7-11-15)14(17)13-9-5-8-12-18-13/h9,14,17H,3-8,10-12H2,1-2H3. The summed E-state index contributed by atoms with van der Waals surface area (Å²) in [5, 5.41) is 10.8. The Morgan fingerprint density at radius 2 is 1.94 bits per heavy atom. The molecule has 1 saturated carbocycles. The fourth-order valence-corrected chi connectivity index (χ4v) is 3.64. The molecule has 3 nitrogen and oxygen atoms in total. The summed E-state index contributed by atoms with van der Waals surface area (Å²) >= 11 is 0. The van der Waals surface area contributed by atoms with Crippen molar-refractivity contribution >= 4 is 0 Å². The first-order valence-electron chi connectivity index (χ1n) is 7.50. The molecular weight excluding hydrogens is 226 g/mol. The molecule has 3 heteroatoms. The van der Waals surface area contributed by atoms with Crippen LogP contribution < -0.4 is 0 Å². The van der Waals surface area contributed by atoms with E-state index in [2.05, 4.69) is 24.8 Å². The average molecular weight is 253 g/mol. The van der Waals surface area contributed by atoms with Crippen molar-refractivity contribution in [1.82, 2.24) is 4.90 Å². The molecule has 0 aromatic heterocycles. The average Bonchev–Trinajstić information content (AvgIpc) is 2.91. The lowest BCUT2D eigenvalue weighted by molar-refractivity contribution is -0.0373. The van der Waals surface area contributed by atoms with E-state index in [1.807, 2.05) is 0 Å². The maximum Gasteiger partial charge on any atom is 0.129 e. The van der Waals surface area contributed by atoms with Gasteiger partial charge in [-0.1, -0.05) is 26.7 Å². The van der Waals surface area contributed by atoms with E-state index in [1.54, 1.807) is 0 Å². The van der Waals surface area contributed by atoms with E-state index < -0.39 is 6.10 Å². The largest absolute Gasteiger partial charge is 0.495 e. The highest BCUT2D eigenvalue weighted by molar-refractivity contribution is 5.14. The van der Waals surface area contributed by atoms with Gasteiger partial charge in [0.25, 0.3) is 0 Å². The Labute approximate surface area is 111 Å². The second kappa shape index (κ2) is 6.07. The Bertz CT molecular complexity index is 291. The van der Waals surface area contributed by atoms with Crippen LogP contribution in [-0.2, 0) is 4.74 Å². The van der Waals surface area contributed by atoms with Crippen molar-refractivity contribution < 1.29 is 9.84 Å².